The van der Waals surface area contributed by atoms with Gasteiger partial charge in [-0.15, -0.1) is 0 Å². The molecule has 1 N–H and O–H groups in total. The summed E-state index contributed by atoms with van der Waals surface area (Å²) in [4.78, 5) is 7.65. The van der Waals surface area contributed by atoms with E-state index in [4.69, 9.17) is 27.9 Å². The molecule has 0 saturated carbocycles. The van der Waals surface area contributed by atoms with E-state index in [2.05, 4.69) is 9.97 Å². The highest BCUT2D eigenvalue weighted by Gasteiger charge is 2.07. The Labute approximate surface area is 144 Å². The standard InChI is InChI=1S/C18H14Cl2N2O/c1-23-14-6-2-12(3-7-14)4-9-18-21-11-17(22-18)15-8-5-13(19)10-16(15)20/h2-11H,1H3,(H,21,22)/b9-4+. The van der Waals surface area contributed by atoms with E-state index < -0.39 is 0 Å². The normalized spacial score (nSPS) is 11.1. The first kappa shape index (κ1) is 15.7. The Balaban J connectivity index is 1.79. The first-order valence-corrected chi connectivity index (χ1v) is 7.74. The summed E-state index contributed by atoms with van der Waals surface area (Å²) in [6.45, 7) is 0. The van der Waals surface area contributed by atoms with Crippen LogP contribution in [0.15, 0.2) is 48.7 Å². The van der Waals surface area contributed by atoms with E-state index in [0.717, 1.165) is 28.4 Å². The molecule has 0 spiro atoms. The number of aromatic amines is 1. The molecule has 116 valence electrons. The summed E-state index contributed by atoms with van der Waals surface area (Å²) in [7, 11) is 1.65. The largest absolute Gasteiger partial charge is 0.497 e. The minimum atomic E-state index is 0.578. The fourth-order valence-electron chi connectivity index (χ4n) is 2.15. The van der Waals surface area contributed by atoms with Gasteiger partial charge < -0.3 is 9.72 Å². The van der Waals surface area contributed by atoms with E-state index in [1.165, 1.54) is 0 Å². The van der Waals surface area contributed by atoms with Crippen molar-refractivity contribution in [2.75, 3.05) is 7.11 Å². The van der Waals surface area contributed by atoms with E-state index >= 15 is 0 Å². The molecule has 0 radical (unpaired) electrons. The van der Waals surface area contributed by atoms with Crippen LogP contribution < -0.4 is 4.74 Å². The summed E-state index contributed by atoms with van der Waals surface area (Å²) in [5.41, 5.74) is 2.69. The first-order valence-electron chi connectivity index (χ1n) is 6.98. The highest BCUT2D eigenvalue weighted by Crippen LogP contribution is 2.29. The number of hydrogen-bond acceptors (Lipinski definition) is 2. The molecule has 3 nitrogen and oxygen atoms in total. The smallest absolute Gasteiger partial charge is 0.130 e. The second-order valence-electron chi connectivity index (χ2n) is 4.90. The Morgan fingerprint density at radius 1 is 1.04 bits per heavy atom. The average Bonchev–Trinajstić information content (AvgIpc) is 3.02. The molecular weight excluding hydrogens is 331 g/mol. The van der Waals surface area contributed by atoms with Crippen molar-refractivity contribution in [2.24, 2.45) is 0 Å². The Hall–Kier alpha value is -2.23. The van der Waals surface area contributed by atoms with Crippen LogP contribution in [0.5, 0.6) is 5.75 Å². The van der Waals surface area contributed by atoms with Crippen LogP contribution in [0, 0.1) is 0 Å². The maximum atomic E-state index is 6.21. The number of nitrogens with one attached hydrogen (secondary N) is 1. The van der Waals surface area contributed by atoms with Gasteiger partial charge in [-0.25, -0.2) is 4.98 Å². The molecular formula is C18H14Cl2N2O. The Morgan fingerprint density at radius 3 is 2.52 bits per heavy atom. The van der Waals surface area contributed by atoms with Crippen LogP contribution in [0.4, 0.5) is 0 Å². The molecule has 0 aliphatic carbocycles. The fraction of sp³-hybridized carbons (Fsp3) is 0.0556. The molecule has 0 unspecified atom stereocenters. The van der Waals surface area contributed by atoms with Crippen molar-refractivity contribution in [2.45, 2.75) is 0 Å². The monoisotopic (exact) mass is 344 g/mol. The van der Waals surface area contributed by atoms with Gasteiger partial charge in [0, 0.05) is 16.8 Å². The maximum Gasteiger partial charge on any atom is 0.130 e. The van der Waals surface area contributed by atoms with Gasteiger partial charge in [0.2, 0.25) is 0 Å². The second kappa shape index (κ2) is 6.90. The lowest BCUT2D eigenvalue weighted by atomic mass is 10.2. The van der Waals surface area contributed by atoms with Crippen LogP contribution in [-0.4, -0.2) is 17.1 Å². The van der Waals surface area contributed by atoms with E-state index in [0.29, 0.717) is 10.0 Å². The minimum absolute atomic E-state index is 0.578. The van der Waals surface area contributed by atoms with Gasteiger partial charge in [0.1, 0.15) is 11.6 Å². The summed E-state index contributed by atoms with van der Waals surface area (Å²) in [5, 5.41) is 1.18. The molecule has 3 aromatic rings. The summed E-state index contributed by atoms with van der Waals surface area (Å²) in [6.07, 6.45) is 5.71. The van der Waals surface area contributed by atoms with Gasteiger partial charge in [0.15, 0.2) is 0 Å². The van der Waals surface area contributed by atoms with Crippen LogP contribution in [0.2, 0.25) is 10.0 Å². The summed E-state index contributed by atoms with van der Waals surface area (Å²) in [5.74, 6) is 1.58. The SMILES string of the molecule is COc1ccc(/C=C/c2nc(-c3ccc(Cl)cc3Cl)c[nH]2)cc1. The van der Waals surface area contributed by atoms with E-state index in [1.807, 2.05) is 48.7 Å². The fourth-order valence-corrected chi connectivity index (χ4v) is 2.65. The predicted molar refractivity (Wildman–Crippen MR) is 96.0 cm³/mol. The third kappa shape index (κ3) is 3.76. The lowest BCUT2D eigenvalue weighted by Crippen LogP contribution is -1.82. The number of aromatic nitrogens is 2. The van der Waals surface area contributed by atoms with Crippen LogP contribution in [-0.2, 0) is 0 Å². The van der Waals surface area contributed by atoms with Crippen molar-refractivity contribution in [3.63, 3.8) is 0 Å². The zero-order valence-electron chi connectivity index (χ0n) is 12.4. The van der Waals surface area contributed by atoms with Crippen LogP contribution in [0.25, 0.3) is 23.4 Å². The van der Waals surface area contributed by atoms with E-state index in [1.54, 1.807) is 19.2 Å². The van der Waals surface area contributed by atoms with Gasteiger partial charge in [-0.2, -0.15) is 0 Å². The van der Waals surface area contributed by atoms with Gasteiger partial charge in [0.05, 0.1) is 17.8 Å². The lowest BCUT2D eigenvalue weighted by molar-refractivity contribution is 0.415. The van der Waals surface area contributed by atoms with Gasteiger partial charge in [0.25, 0.3) is 0 Å². The number of H-pyrrole nitrogens is 1. The molecule has 23 heavy (non-hydrogen) atoms. The van der Waals surface area contributed by atoms with Gasteiger partial charge in [-0.05, 0) is 42.0 Å². The van der Waals surface area contributed by atoms with Crippen molar-refractivity contribution in [1.82, 2.24) is 9.97 Å². The molecule has 0 atom stereocenters. The summed E-state index contributed by atoms with van der Waals surface area (Å²) < 4.78 is 5.14. The third-order valence-corrected chi connectivity index (χ3v) is 3.90. The number of rotatable bonds is 4. The minimum Gasteiger partial charge on any atom is -0.497 e. The molecule has 1 aromatic heterocycles. The zero-order valence-corrected chi connectivity index (χ0v) is 13.9. The molecule has 0 aliphatic heterocycles. The quantitative estimate of drug-likeness (QED) is 0.672. The maximum absolute atomic E-state index is 6.21. The van der Waals surface area contributed by atoms with Crippen molar-refractivity contribution >= 4 is 35.4 Å². The topological polar surface area (TPSA) is 37.9 Å². The van der Waals surface area contributed by atoms with Gasteiger partial charge in [-0.3, -0.25) is 0 Å². The number of nitrogens with zero attached hydrogens (tertiary/aromatic N) is 1. The number of hydrogen-bond donors (Lipinski definition) is 1. The van der Waals surface area contributed by atoms with E-state index in [9.17, 15) is 0 Å². The molecule has 1 heterocycles. The van der Waals surface area contributed by atoms with Crippen LogP contribution in [0.3, 0.4) is 0 Å². The number of ether oxygens (including phenoxy) is 1. The van der Waals surface area contributed by atoms with Crippen LogP contribution >= 0.6 is 23.2 Å². The number of halogens is 2. The predicted octanol–water partition coefficient (Wildman–Crippen LogP) is 5.56. The van der Waals surface area contributed by atoms with Crippen molar-refractivity contribution in [3.8, 4) is 17.0 Å². The highest BCUT2D eigenvalue weighted by molar-refractivity contribution is 6.36. The highest BCUT2D eigenvalue weighted by atomic mass is 35.5. The Kier molecular flexibility index (Phi) is 4.70. The Bertz CT molecular complexity index is 838. The first-order chi connectivity index (χ1) is 11.2. The zero-order chi connectivity index (χ0) is 16.2. The molecule has 0 aliphatic rings. The van der Waals surface area contributed by atoms with Crippen molar-refractivity contribution in [1.29, 1.82) is 0 Å². The number of methoxy groups -OCH3 is 1. The number of imidazole rings is 1. The van der Waals surface area contributed by atoms with Crippen LogP contribution in [0.1, 0.15) is 11.4 Å². The second-order valence-corrected chi connectivity index (χ2v) is 5.75. The van der Waals surface area contributed by atoms with E-state index in [-0.39, 0.29) is 0 Å². The molecule has 0 fully saturated rings. The van der Waals surface area contributed by atoms with Crippen molar-refractivity contribution in [3.05, 3.63) is 70.1 Å². The van der Waals surface area contributed by atoms with Gasteiger partial charge in [-0.1, -0.05) is 41.4 Å². The molecule has 5 heteroatoms. The van der Waals surface area contributed by atoms with Gasteiger partial charge >= 0.3 is 0 Å². The Morgan fingerprint density at radius 2 is 1.83 bits per heavy atom. The molecule has 3 rings (SSSR count). The number of benzene rings is 2. The van der Waals surface area contributed by atoms with Crippen molar-refractivity contribution < 1.29 is 4.74 Å². The molecule has 0 bridgehead atoms. The summed E-state index contributed by atoms with van der Waals surface area (Å²) >= 11 is 12.1. The third-order valence-electron chi connectivity index (χ3n) is 3.35. The lowest BCUT2D eigenvalue weighted by Gasteiger charge is -2.00. The molecule has 0 amide bonds. The summed E-state index contributed by atoms with van der Waals surface area (Å²) in [6, 6.07) is 13.2. The molecule has 2 aromatic carbocycles. The average molecular weight is 345 g/mol. The molecule has 0 saturated heterocycles.